The van der Waals surface area contributed by atoms with Crippen LogP contribution in [-0.4, -0.2) is 24.0 Å². The van der Waals surface area contributed by atoms with Gasteiger partial charge in [0.05, 0.1) is 12.0 Å². The van der Waals surface area contributed by atoms with Gasteiger partial charge in [0.1, 0.15) is 0 Å². The molecule has 0 aliphatic carbocycles. The van der Waals surface area contributed by atoms with Gasteiger partial charge in [-0.15, -0.1) is 0 Å². The second-order valence-corrected chi connectivity index (χ2v) is 4.09. The van der Waals surface area contributed by atoms with Crippen LogP contribution in [0.2, 0.25) is 0 Å². The van der Waals surface area contributed by atoms with Crippen LogP contribution in [0.3, 0.4) is 0 Å². The number of piperidine rings is 1. The zero-order valence-electron chi connectivity index (χ0n) is 8.25. The molecule has 0 aromatic rings. The molecule has 0 bridgehead atoms. The molecule has 1 aliphatic heterocycles. The van der Waals surface area contributed by atoms with E-state index >= 15 is 0 Å². The fraction of sp³-hybridized carbons (Fsp3) is 0.900. The summed E-state index contributed by atoms with van der Waals surface area (Å²) in [6, 6.07) is 3.02. The predicted octanol–water partition coefficient (Wildman–Crippen LogP) is 1.88. The van der Waals surface area contributed by atoms with Gasteiger partial charge in [0.25, 0.3) is 0 Å². The molecule has 0 radical (unpaired) electrons. The van der Waals surface area contributed by atoms with E-state index in [1.165, 1.54) is 0 Å². The SMILES string of the molecule is CC1CN(C(C)C)CCC1C#N. The first kappa shape index (κ1) is 9.54. The van der Waals surface area contributed by atoms with Crippen LogP contribution in [0.25, 0.3) is 0 Å². The smallest absolute Gasteiger partial charge is 0.0659 e. The number of nitrogens with zero attached hydrogens (tertiary/aromatic N) is 2. The predicted molar refractivity (Wildman–Crippen MR) is 49.6 cm³/mol. The van der Waals surface area contributed by atoms with E-state index in [2.05, 4.69) is 31.7 Å². The maximum Gasteiger partial charge on any atom is 0.0659 e. The van der Waals surface area contributed by atoms with E-state index in [9.17, 15) is 0 Å². The van der Waals surface area contributed by atoms with Crippen molar-refractivity contribution in [3.8, 4) is 6.07 Å². The summed E-state index contributed by atoms with van der Waals surface area (Å²) in [5.74, 6) is 0.839. The lowest BCUT2D eigenvalue weighted by Crippen LogP contribution is -2.42. The number of rotatable bonds is 1. The lowest BCUT2D eigenvalue weighted by molar-refractivity contribution is 0.123. The highest BCUT2D eigenvalue weighted by atomic mass is 15.2. The van der Waals surface area contributed by atoms with Crippen molar-refractivity contribution in [2.75, 3.05) is 13.1 Å². The molecule has 0 amide bonds. The molecule has 1 fully saturated rings. The summed E-state index contributed by atoms with van der Waals surface area (Å²) in [5, 5.41) is 8.82. The van der Waals surface area contributed by atoms with Crippen LogP contribution in [0.5, 0.6) is 0 Å². The summed E-state index contributed by atoms with van der Waals surface area (Å²) in [6.45, 7) is 8.82. The summed E-state index contributed by atoms with van der Waals surface area (Å²) < 4.78 is 0. The second kappa shape index (κ2) is 3.91. The normalized spacial score (nSPS) is 31.9. The Morgan fingerprint density at radius 1 is 1.50 bits per heavy atom. The van der Waals surface area contributed by atoms with Gasteiger partial charge in [0.2, 0.25) is 0 Å². The minimum Gasteiger partial charge on any atom is -0.301 e. The van der Waals surface area contributed by atoms with Gasteiger partial charge in [-0.05, 0) is 32.7 Å². The first-order valence-corrected chi connectivity index (χ1v) is 4.78. The van der Waals surface area contributed by atoms with Gasteiger partial charge in [0, 0.05) is 12.6 Å². The Balaban J connectivity index is 2.47. The van der Waals surface area contributed by atoms with Crippen molar-refractivity contribution in [3.63, 3.8) is 0 Å². The molecule has 68 valence electrons. The highest BCUT2D eigenvalue weighted by molar-refractivity contribution is 4.91. The average Bonchev–Trinajstić information content (AvgIpc) is 2.04. The number of likely N-dealkylation sites (tertiary alicyclic amines) is 1. The largest absolute Gasteiger partial charge is 0.301 e. The molecule has 1 heterocycles. The van der Waals surface area contributed by atoms with Crippen molar-refractivity contribution >= 4 is 0 Å². The molecule has 1 rings (SSSR count). The standard InChI is InChI=1S/C10H18N2/c1-8(2)12-5-4-10(6-11)9(3)7-12/h8-10H,4-5,7H2,1-3H3. The zero-order valence-corrected chi connectivity index (χ0v) is 8.25. The Bertz CT molecular complexity index is 181. The Kier molecular flexibility index (Phi) is 3.11. The third-order valence-corrected chi connectivity index (χ3v) is 2.83. The zero-order chi connectivity index (χ0) is 9.14. The van der Waals surface area contributed by atoms with E-state index in [1.807, 2.05) is 0 Å². The molecule has 0 saturated carbocycles. The molecule has 0 aromatic carbocycles. The monoisotopic (exact) mass is 166 g/mol. The van der Waals surface area contributed by atoms with Crippen molar-refractivity contribution in [2.24, 2.45) is 11.8 Å². The summed E-state index contributed by atoms with van der Waals surface area (Å²) in [4.78, 5) is 2.46. The van der Waals surface area contributed by atoms with Gasteiger partial charge < -0.3 is 4.90 Å². The van der Waals surface area contributed by atoms with Crippen LogP contribution in [0.1, 0.15) is 27.2 Å². The van der Waals surface area contributed by atoms with Gasteiger partial charge >= 0.3 is 0 Å². The lowest BCUT2D eigenvalue weighted by atomic mass is 9.88. The van der Waals surface area contributed by atoms with Crippen LogP contribution in [-0.2, 0) is 0 Å². The number of hydrogen-bond donors (Lipinski definition) is 0. The molecule has 2 heteroatoms. The van der Waals surface area contributed by atoms with Gasteiger partial charge in [0.15, 0.2) is 0 Å². The van der Waals surface area contributed by atoms with Crippen molar-refractivity contribution < 1.29 is 0 Å². The van der Waals surface area contributed by atoms with E-state index in [4.69, 9.17) is 5.26 Å². The fourth-order valence-electron chi connectivity index (χ4n) is 1.84. The average molecular weight is 166 g/mol. The van der Waals surface area contributed by atoms with E-state index in [-0.39, 0.29) is 0 Å². The van der Waals surface area contributed by atoms with Crippen LogP contribution in [0, 0.1) is 23.2 Å². The van der Waals surface area contributed by atoms with Crippen LogP contribution < -0.4 is 0 Å². The summed E-state index contributed by atoms with van der Waals surface area (Å²) in [5.41, 5.74) is 0. The Morgan fingerprint density at radius 2 is 2.17 bits per heavy atom. The first-order valence-electron chi connectivity index (χ1n) is 4.78. The molecule has 12 heavy (non-hydrogen) atoms. The van der Waals surface area contributed by atoms with Crippen molar-refractivity contribution in [1.82, 2.24) is 4.90 Å². The van der Waals surface area contributed by atoms with Crippen molar-refractivity contribution in [1.29, 1.82) is 5.26 Å². The molecule has 2 unspecified atom stereocenters. The molecule has 0 aromatic heterocycles. The molecular formula is C10H18N2. The lowest BCUT2D eigenvalue weighted by Gasteiger charge is -2.36. The number of hydrogen-bond acceptors (Lipinski definition) is 2. The highest BCUT2D eigenvalue weighted by Crippen LogP contribution is 2.23. The van der Waals surface area contributed by atoms with Gasteiger partial charge in [-0.3, -0.25) is 0 Å². The quantitative estimate of drug-likeness (QED) is 0.594. The van der Waals surface area contributed by atoms with Gasteiger partial charge in [-0.25, -0.2) is 0 Å². The molecule has 0 spiro atoms. The third kappa shape index (κ3) is 1.98. The van der Waals surface area contributed by atoms with Crippen LogP contribution in [0.15, 0.2) is 0 Å². The fourth-order valence-corrected chi connectivity index (χ4v) is 1.84. The third-order valence-electron chi connectivity index (χ3n) is 2.83. The van der Waals surface area contributed by atoms with Crippen LogP contribution >= 0.6 is 0 Å². The summed E-state index contributed by atoms with van der Waals surface area (Å²) in [7, 11) is 0. The highest BCUT2D eigenvalue weighted by Gasteiger charge is 2.26. The Morgan fingerprint density at radius 3 is 2.58 bits per heavy atom. The molecule has 0 N–H and O–H groups in total. The summed E-state index contributed by atoms with van der Waals surface area (Å²) >= 11 is 0. The van der Waals surface area contributed by atoms with E-state index < -0.39 is 0 Å². The van der Waals surface area contributed by atoms with Crippen molar-refractivity contribution in [2.45, 2.75) is 33.2 Å². The van der Waals surface area contributed by atoms with E-state index in [0.29, 0.717) is 17.9 Å². The van der Waals surface area contributed by atoms with E-state index in [1.54, 1.807) is 0 Å². The van der Waals surface area contributed by atoms with Crippen molar-refractivity contribution in [3.05, 3.63) is 0 Å². The minimum absolute atomic E-state index is 0.292. The molecule has 2 atom stereocenters. The maximum atomic E-state index is 8.82. The van der Waals surface area contributed by atoms with Gasteiger partial charge in [-0.1, -0.05) is 6.92 Å². The number of nitriles is 1. The van der Waals surface area contributed by atoms with Gasteiger partial charge in [-0.2, -0.15) is 5.26 Å². The maximum absolute atomic E-state index is 8.82. The topological polar surface area (TPSA) is 27.0 Å². The molecule has 2 nitrogen and oxygen atoms in total. The van der Waals surface area contributed by atoms with Crippen LogP contribution in [0.4, 0.5) is 0 Å². The molecule has 1 aliphatic rings. The Hall–Kier alpha value is -0.550. The molecular weight excluding hydrogens is 148 g/mol. The molecule has 1 saturated heterocycles. The first-order chi connectivity index (χ1) is 5.65. The second-order valence-electron chi connectivity index (χ2n) is 4.09. The summed E-state index contributed by atoms with van der Waals surface area (Å²) in [6.07, 6.45) is 1.05. The minimum atomic E-state index is 0.292. The Labute approximate surface area is 75.2 Å². The van der Waals surface area contributed by atoms with E-state index in [0.717, 1.165) is 19.5 Å².